The highest BCUT2D eigenvalue weighted by molar-refractivity contribution is 5.81. The summed E-state index contributed by atoms with van der Waals surface area (Å²) in [5.41, 5.74) is 7.76. The molecule has 3 atom stereocenters. The first-order chi connectivity index (χ1) is 31.2. The molecule has 9 heteroatoms. The molecule has 0 radical (unpaired) electrons. The Kier molecular flexibility index (Phi) is 15.4. The first-order valence-electron chi connectivity index (χ1n) is 22.3. The van der Waals surface area contributed by atoms with E-state index >= 15 is 0 Å². The average Bonchev–Trinajstić information content (AvgIpc) is 3.64. The molecule has 3 unspecified atom stereocenters. The minimum Gasteiger partial charge on any atom is -0.497 e. The molecule has 6 aromatic rings. The topological polar surface area (TPSA) is 114 Å². The lowest BCUT2D eigenvalue weighted by atomic mass is 9.77. The van der Waals surface area contributed by atoms with E-state index < -0.39 is 29.6 Å². The Labute approximate surface area is 375 Å². The first-order valence-corrected chi connectivity index (χ1v) is 22.3. The van der Waals surface area contributed by atoms with Gasteiger partial charge in [0.2, 0.25) is 0 Å². The molecule has 3 N–H and O–H groups in total. The summed E-state index contributed by atoms with van der Waals surface area (Å²) in [5, 5.41) is 17.2. The zero-order valence-electron chi connectivity index (χ0n) is 36.6. The Bertz CT molecular complexity index is 2370. The van der Waals surface area contributed by atoms with Gasteiger partial charge in [-0.05, 0) is 107 Å². The zero-order valence-corrected chi connectivity index (χ0v) is 36.6. The molecular formula is C55H57FN2O6. The predicted molar refractivity (Wildman–Crippen MR) is 249 cm³/mol. The number of fused-ring (bicyclic) bond motifs is 3. The number of aliphatic carboxylic acids is 1. The molecular weight excluding hydrogens is 804 g/mol. The van der Waals surface area contributed by atoms with Crippen LogP contribution in [0.15, 0.2) is 158 Å². The third-order valence-electron chi connectivity index (χ3n) is 12.7. The lowest BCUT2D eigenvalue weighted by molar-refractivity contribution is -0.144. The summed E-state index contributed by atoms with van der Waals surface area (Å²) in [6, 6.07) is 50.3. The number of ketones is 1. The molecule has 1 aliphatic carbocycles. The van der Waals surface area contributed by atoms with E-state index in [-0.39, 0.29) is 42.9 Å². The fraction of sp³-hybridized carbons (Fsp3) is 0.291. The Morgan fingerprint density at radius 2 is 1.27 bits per heavy atom. The molecule has 7 rings (SSSR count). The van der Waals surface area contributed by atoms with Crippen LogP contribution in [0, 0.1) is 17.7 Å². The fourth-order valence-electron chi connectivity index (χ4n) is 9.29. The highest BCUT2D eigenvalue weighted by Gasteiger charge is 2.36. The molecule has 1 amide bonds. The average molecular weight is 861 g/mol. The quantitative estimate of drug-likeness (QED) is 0.0460. The van der Waals surface area contributed by atoms with Gasteiger partial charge in [0.1, 0.15) is 24.0 Å². The SMILES string of the molecule is COc1ccc(C(NCCCCC(C(=O)O)C(C)CCC(=O)CC(Cc2ccc(F)cc2)NC(=O)OCC2c3ccccc3-c3ccccc32)(c2ccccc2)c2ccccc2)cc1. The molecule has 0 saturated carbocycles. The van der Waals surface area contributed by atoms with Crippen LogP contribution in [-0.2, 0) is 26.3 Å². The van der Waals surface area contributed by atoms with E-state index in [0.29, 0.717) is 32.2 Å². The second kappa shape index (κ2) is 21.7. The normalized spacial score (nSPS) is 13.5. The third kappa shape index (κ3) is 11.0. The lowest BCUT2D eigenvalue weighted by Gasteiger charge is -2.37. The standard InChI is InChI=1S/C55H57FN2O6/c1-38(47(53(60)61)19-13-14-34-57-55(40-15-5-3-6-16-40,41-17-7-4-8-18-41)42-27-32-46(63-2)33-28-42)24-31-45(59)36-44(35-39-25-29-43(56)30-26-39)58-54(62)64-37-52-50-22-11-9-20-48(50)49-21-10-12-23-51(49)52/h3-12,15-18,20-23,25-30,32-33,38,44,47,52,57H,13-14,19,24,31,34-37H2,1-2H3,(H,58,62)(H,60,61). The summed E-state index contributed by atoms with van der Waals surface area (Å²) in [5.74, 6) is -1.58. The summed E-state index contributed by atoms with van der Waals surface area (Å²) in [6.07, 6.45) is 2.12. The highest BCUT2D eigenvalue weighted by Crippen LogP contribution is 2.44. The van der Waals surface area contributed by atoms with Gasteiger partial charge >= 0.3 is 12.1 Å². The van der Waals surface area contributed by atoms with Gasteiger partial charge in [-0.1, -0.05) is 147 Å². The number of amides is 1. The summed E-state index contributed by atoms with van der Waals surface area (Å²) in [6.45, 7) is 2.65. The molecule has 0 spiro atoms. The summed E-state index contributed by atoms with van der Waals surface area (Å²) >= 11 is 0. The number of hydrogen-bond acceptors (Lipinski definition) is 6. The number of carboxylic acids is 1. The van der Waals surface area contributed by atoms with Crippen molar-refractivity contribution in [1.29, 1.82) is 0 Å². The van der Waals surface area contributed by atoms with E-state index in [0.717, 1.165) is 56.7 Å². The number of ether oxygens (including phenoxy) is 2. The van der Waals surface area contributed by atoms with Gasteiger partial charge in [-0.25, -0.2) is 9.18 Å². The van der Waals surface area contributed by atoms with Crippen LogP contribution in [0.2, 0.25) is 0 Å². The van der Waals surface area contributed by atoms with Crippen LogP contribution in [0.4, 0.5) is 9.18 Å². The van der Waals surface area contributed by atoms with E-state index in [9.17, 15) is 23.9 Å². The van der Waals surface area contributed by atoms with Crippen molar-refractivity contribution in [2.45, 2.75) is 69.4 Å². The molecule has 0 bridgehead atoms. The van der Waals surface area contributed by atoms with Gasteiger partial charge in [0, 0.05) is 24.8 Å². The molecule has 6 aromatic carbocycles. The van der Waals surface area contributed by atoms with E-state index in [1.807, 2.05) is 79.7 Å². The third-order valence-corrected chi connectivity index (χ3v) is 12.7. The van der Waals surface area contributed by atoms with E-state index in [1.54, 1.807) is 19.2 Å². The second-order valence-corrected chi connectivity index (χ2v) is 16.8. The molecule has 0 aromatic heterocycles. The molecule has 330 valence electrons. The lowest BCUT2D eigenvalue weighted by Crippen LogP contribution is -2.45. The van der Waals surface area contributed by atoms with Crippen molar-refractivity contribution < 1.29 is 33.4 Å². The van der Waals surface area contributed by atoms with E-state index in [4.69, 9.17) is 9.47 Å². The van der Waals surface area contributed by atoms with Crippen LogP contribution in [0.1, 0.15) is 84.7 Å². The maximum absolute atomic E-state index is 13.8. The summed E-state index contributed by atoms with van der Waals surface area (Å²) in [7, 11) is 1.65. The first kappa shape index (κ1) is 45.4. The smallest absolute Gasteiger partial charge is 0.407 e. The minimum absolute atomic E-state index is 0.0243. The van der Waals surface area contributed by atoms with Crippen LogP contribution in [-0.4, -0.2) is 49.3 Å². The summed E-state index contributed by atoms with van der Waals surface area (Å²) in [4.78, 5) is 39.6. The summed E-state index contributed by atoms with van der Waals surface area (Å²) < 4.78 is 25.1. The van der Waals surface area contributed by atoms with Crippen molar-refractivity contribution in [1.82, 2.24) is 10.6 Å². The van der Waals surface area contributed by atoms with Gasteiger partial charge in [0.25, 0.3) is 0 Å². The van der Waals surface area contributed by atoms with Gasteiger partial charge in [0.15, 0.2) is 0 Å². The van der Waals surface area contributed by atoms with Gasteiger partial charge < -0.3 is 19.9 Å². The van der Waals surface area contributed by atoms with Crippen molar-refractivity contribution >= 4 is 17.8 Å². The number of halogens is 1. The van der Waals surface area contributed by atoms with Crippen molar-refractivity contribution in [3.63, 3.8) is 0 Å². The zero-order chi connectivity index (χ0) is 44.9. The van der Waals surface area contributed by atoms with Gasteiger partial charge in [0.05, 0.1) is 18.6 Å². The molecule has 0 aliphatic heterocycles. The van der Waals surface area contributed by atoms with Crippen molar-refractivity contribution in [3.05, 3.63) is 197 Å². The number of alkyl carbamates (subject to hydrolysis) is 1. The molecule has 8 nitrogen and oxygen atoms in total. The Balaban J connectivity index is 0.946. The number of carbonyl (C=O) groups excluding carboxylic acids is 2. The van der Waals surface area contributed by atoms with Crippen LogP contribution in [0.25, 0.3) is 11.1 Å². The number of unbranched alkanes of at least 4 members (excludes halogenated alkanes) is 1. The molecule has 1 aliphatic rings. The molecule has 0 fully saturated rings. The number of carbonyl (C=O) groups is 3. The highest BCUT2D eigenvalue weighted by atomic mass is 19.1. The molecule has 0 heterocycles. The number of Topliss-reactive ketones (excluding diaryl/α,β-unsaturated/α-hetero) is 1. The molecule has 64 heavy (non-hydrogen) atoms. The predicted octanol–water partition coefficient (Wildman–Crippen LogP) is 11.1. The van der Waals surface area contributed by atoms with Crippen LogP contribution < -0.4 is 15.4 Å². The van der Waals surface area contributed by atoms with Crippen molar-refractivity contribution in [3.8, 4) is 16.9 Å². The Morgan fingerprint density at radius 1 is 0.703 bits per heavy atom. The van der Waals surface area contributed by atoms with Crippen molar-refractivity contribution in [2.75, 3.05) is 20.3 Å². The maximum Gasteiger partial charge on any atom is 0.407 e. The number of hydrogen-bond donors (Lipinski definition) is 3. The van der Waals surface area contributed by atoms with E-state index in [2.05, 4.69) is 71.3 Å². The minimum atomic E-state index is -0.875. The van der Waals surface area contributed by atoms with Crippen molar-refractivity contribution in [2.24, 2.45) is 11.8 Å². The van der Waals surface area contributed by atoms with Crippen LogP contribution >= 0.6 is 0 Å². The number of rotatable bonds is 22. The second-order valence-electron chi connectivity index (χ2n) is 16.8. The number of benzene rings is 6. The number of carboxylic acid groups (broad SMARTS) is 1. The van der Waals surface area contributed by atoms with Gasteiger partial charge in [-0.3, -0.25) is 14.9 Å². The Morgan fingerprint density at radius 3 is 1.84 bits per heavy atom. The van der Waals surface area contributed by atoms with E-state index in [1.165, 1.54) is 12.1 Å². The maximum atomic E-state index is 13.8. The number of methoxy groups -OCH3 is 1. The van der Waals surface area contributed by atoms with Crippen LogP contribution in [0.5, 0.6) is 5.75 Å². The number of nitrogens with one attached hydrogen (secondary N) is 2. The largest absolute Gasteiger partial charge is 0.497 e. The van der Waals surface area contributed by atoms with Gasteiger partial charge in [-0.2, -0.15) is 0 Å². The fourth-order valence-corrected chi connectivity index (χ4v) is 9.29. The molecule has 0 saturated heterocycles. The Hall–Kier alpha value is -6.58. The van der Waals surface area contributed by atoms with Gasteiger partial charge in [-0.15, -0.1) is 0 Å². The monoisotopic (exact) mass is 860 g/mol. The van der Waals surface area contributed by atoms with Crippen LogP contribution in [0.3, 0.4) is 0 Å².